The fourth-order valence-corrected chi connectivity index (χ4v) is 2.03. The molecule has 2 bridgehead atoms. The Balaban J connectivity index is 2.09. The van der Waals surface area contributed by atoms with E-state index in [1.54, 1.807) is 0 Å². The van der Waals surface area contributed by atoms with Gasteiger partial charge < -0.3 is 4.90 Å². The lowest BCUT2D eigenvalue weighted by molar-refractivity contribution is -0.871. The Morgan fingerprint density at radius 2 is 2.00 bits per heavy atom. The molecule has 3 aliphatic rings. The third kappa shape index (κ3) is 0.645. The van der Waals surface area contributed by atoms with Crippen LogP contribution in [0.2, 0.25) is 0 Å². The van der Waals surface area contributed by atoms with Crippen molar-refractivity contribution < 1.29 is 4.90 Å². The van der Waals surface area contributed by atoms with Crippen molar-refractivity contribution in [3.8, 4) is 0 Å². The van der Waals surface area contributed by atoms with Gasteiger partial charge in [0.15, 0.2) is 0 Å². The van der Waals surface area contributed by atoms with Crippen LogP contribution in [-0.2, 0) is 0 Å². The Hall–Kier alpha value is -0.300. The number of piperidine rings is 2. The molecule has 1 N–H and O–H groups in total. The van der Waals surface area contributed by atoms with Crippen LogP contribution in [0.25, 0.3) is 0 Å². The molecule has 2 heterocycles. The zero-order chi connectivity index (χ0) is 6.43. The Kier molecular flexibility index (Phi) is 0.974. The quantitative estimate of drug-likeness (QED) is 0.338. The first kappa shape index (κ1) is 5.48. The minimum Gasteiger partial charge on any atom is -0.467 e. The van der Waals surface area contributed by atoms with E-state index in [1.807, 2.05) is 0 Å². The summed E-state index contributed by atoms with van der Waals surface area (Å²) in [5.41, 5.74) is 1.50. The van der Waals surface area contributed by atoms with E-state index in [9.17, 15) is 0 Å². The van der Waals surface area contributed by atoms with Crippen molar-refractivity contribution in [2.75, 3.05) is 13.1 Å². The van der Waals surface area contributed by atoms with Crippen molar-refractivity contribution in [1.82, 2.24) is 0 Å². The van der Waals surface area contributed by atoms with Crippen LogP contribution in [0, 0.1) is 18.9 Å². The van der Waals surface area contributed by atoms with Gasteiger partial charge in [-0.3, -0.25) is 0 Å². The molecule has 50 valence electrons. The van der Waals surface area contributed by atoms with Gasteiger partial charge in [0, 0.05) is 11.8 Å². The molecular formula is C8H13N. The molecule has 1 heteroatoms. The molecular weight excluding hydrogens is 110 g/mol. The predicted molar refractivity (Wildman–Crippen MR) is 36.8 cm³/mol. The largest absolute Gasteiger partial charge is 0.467 e. The summed E-state index contributed by atoms with van der Waals surface area (Å²) in [5.74, 6) is 1.66. The van der Waals surface area contributed by atoms with Gasteiger partial charge in [-0.2, -0.15) is 7.05 Å². The summed E-state index contributed by atoms with van der Waals surface area (Å²) in [6, 6.07) is 0. The molecule has 1 nitrogen and oxygen atoms in total. The van der Waals surface area contributed by atoms with Gasteiger partial charge in [-0.1, -0.05) is 12.2 Å². The molecule has 2 unspecified atom stereocenters. The van der Waals surface area contributed by atoms with Gasteiger partial charge in [0.05, 0.1) is 13.1 Å². The zero-order valence-electron chi connectivity index (χ0n) is 5.69. The molecule has 0 aromatic rings. The van der Waals surface area contributed by atoms with Crippen molar-refractivity contribution >= 4 is 0 Å². The van der Waals surface area contributed by atoms with Crippen molar-refractivity contribution in [3.63, 3.8) is 0 Å². The summed E-state index contributed by atoms with van der Waals surface area (Å²) in [7, 11) is 3.99. The Bertz CT molecular complexity index is 137. The van der Waals surface area contributed by atoms with Crippen LogP contribution >= 0.6 is 0 Å². The monoisotopic (exact) mass is 123 g/mol. The molecule has 2 aliphatic heterocycles. The summed E-state index contributed by atoms with van der Waals surface area (Å²) < 4.78 is 0. The molecule has 0 amide bonds. The predicted octanol–water partition coefficient (Wildman–Crippen LogP) is -0.131. The number of fused-ring (bicyclic) bond motifs is 2. The first-order valence-corrected chi connectivity index (χ1v) is 3.62. The summed E-state index contributed by atoms with van der Waals surface area (Å²) in [6.45, 7) is 6.50. The molecule has 1 aliphatic carbocycles. The fourth-order valence-electron chi connectivity index (χ4n) is 2.03. The van der Waals surface area contributed by atoms with Gasteiger partial charge in [-0.25, -0.2) is 0 Å². The van der Waals surface area contributed by atoms with Crippen LogP contribution in [0.3, 0.4) is 0 Å². The van der Waals surface area contributed by atoms with Gasteiger partial charge in [-0.05, 0) is 6.42 Å². The number of hydrogen-bond donors (Lipinski definition) is 1. The highest BCUT2D eigenvalue weighted by atomic mass is 15.1. The van der Waals surface area contributed by atoms with Crippen LogP contribution in [0.5, 0.6) is 0 Å². The summed E-state index contributed by atoms with van der Waals surface area (Å²) in [4.78, 5) is 1.45. The second kappa shape index (κ2) is 1.60. The Morgan fingerprint density at radius 3 is 2.33 bits per heavy atom. The maximum atomic E-state index is 4.04. The van der Waals surface area contributed by atoms with Crippen LogP contribution < -0.4 is 4.90 Å². The minimum atomic E-state index is 0.830. The molecule has 2 saturated heterocycles. The Morgan fingerprint density at radius 1 is 1.44 bits per heavy atom. The molecule has 9 heavy (non-hydrogen) atoms. The standard InChI is InChI=1S/C8H13N/c1-6-7-3-8(6)5-9(2)4-7/h7-9H,1-5H2. The maximum Gasteiger partial charge on any atom is 0.0597 e. The lowest BCUT2D eigenvalue weighted by atomic mass is 9.67. The summed E-state index contributed by atoms with van der Waals surface area (Å²) in [6.07, 6.45) is 1.40. The van der Waals surface area contributed by atoms with Gasteiger partial charge in [0.1, 0.15) is 0 Å². The second-order valence-electron chi connectivity index (χ2n) is 3.36. The van der Waals surface area contributed by atoms with Crippen LogP contribution in [0.4, 0.5) is 0 Å². The highest BCUT2D eigenvalue weighted by Crippen LogP contribution is 2.38. The highest BCUT2D eigenvalue weighted by molar-refractivity contribution is 5.17. The molecule has 0 aromatic carbocycles. The van der Waals surface area contributed by atoms with E-state index >= 15 is 0 Å². The molecule has 0 aromatic heterocycles. The van der Waals surface area contributed by atoms with E-state index in [1.165, 1.54) is 30.0 Å². The topological polar surface area (TPSA) is 4.44 Å². The van der Waals surface area contributed by atoms with Gasteiger partial charge in [-0.15, -0.1) is 0 Å². The smallest absolute Gasteiger partial charge is 0.0597 e. The average Bonchev–Trinajstić information content (AvgIpc) is 1.87. The van der Waals surface area contributed by atoms with E-state index < -0.39 is 0 Å². The van der Waals surface area contributed by atoms with Crippen molar-refractivity contribution in [2.24, 2.45) is 11.8 Å². The van der Waals surface area contributed by atoms with Crippen molar-refractivity contribution in [1.29, 1.82) is 0 Å². The summed E-state index contributed by atoms with van der Waals surface area (Å²) >= 11 is 0. The molecule has 1 saturated carbocycles. The molecule has 3 rings (SSSR count). The summed E-state index contributed by atoms with van der Waals surface area (Å²) in [5, 5.41) is 0. The number of nitrogens with one attached hydrogen (secondary N) is 1. The SMILES string of the molecule is C=C1C2CC1C[NH+]([CH2-])C2. The van der Waals surface area contributed by atoms with Gasteiger partial charge in [0.25, 0.3) is 0 Å². The van der Waals surface area contributed by atoms with E-state index in [-0.39, 0.29) is 0 Å². The third-order valence-electron chi connectivity index (χ3n) is 2.69. The van der Waals surface area contributed by atoms with E-state index in [4.69, 9.17) is 0 Å². The van der Waals surface area contributed by atoms with Crippen LogP contribution in [0.1, 0.15) is 6.42 Å². The number of rotatable bonds is 0. The normalized spacial score (nSPS) is 48.6. The molecule has 0 radical (unpaired) electrons. The lowest BCUT2D eigenvalue weighted by Gasteiger charge is -2.48. The lowest BCUT2D eigenvalue weighted by Crippen LogP contribution is -3.11. The van der Waals surface area contributed by atoms with E-state index in [0.29, 0.717) is 0 Å². The van der Waals surface area contributed by atoms with Gasteiger partial charge >= 0.3 is 0 Å². The highest BCUT2D eigenvalue weighted by Gasteiger charge is 2.40. The minimum absolute atomic E-state index is 0.830. The molecule has 2 atom stereocenters. The Labute approximate surface area is 56.4 Å². The number of quaternary nitrogens is 1. The van der Waals surface area contributed by atoms with Crippen LogP contribution in [0.15, 0.2) is 12.2 Å². The maximum absolute atomic E-state index is 4.04. The van der Waals surface area contributed by atoms with E-state index in [0.717, 1.165) is 11.8 Å². The zero-order valence-corrected chi connectivity index (χ0v) is 5.69. The first-order chi connectivity index (χ1) is 4.27. The number of hydrogen-bond acceptors (Lipinski definition) is 0. The van der Waals surface area contributed by atoms with Crippen molar-refractivity contribution in [2.45, 2.75) is 6.42 Å². The molecule has 3 fully saturated rings. The second-order valence-corrected chi connectivity index (χ2v) is 3.36. The van der Waals surface area contributed by atoms with Crippen LogP contribution in [-0.4, -0.2) is 13.1 Å². The third-order valence-corrected chi connectivity index (χ3v) is 2.69. The molecule has 0 spiro atoms. The average molecular weight is 123 g/mol. The van der Waals surface area contributed by atoms with Crippen molar-refractivity contribution in [3.05, 3.63) is 19.2 Å². The first-order valence-electron chi connectivity index (χ1n) is 3.62. The fraction of sp³-hybridized carbons (Fsp3) is 0.625. The van der Waals surface area contributed by atoms with E-state index in [2.05, 4.69) is 13.6 Å². The van der Waals surface area contributed by atoms with Gasteiger partial charge in [0.2, 0.25) is 0 Å².